The molecule has 0 spiro atoms. The average Bonchev–Trinajstić information content (AvgIpc) is 3.27. The van der Waals surface area contributed by atoms with Crippen LogP contribution in [0.25, 0.3) is 6.08 Å². The van der Waals surface area contributed by atoms with Gasteiger partial charge in [0.05, 0.1) is 4.92 Å². The van der Waals surface area contributed by atoms with E-state index in [2.05, 4.69) is 26.4 Å². The molecule has 1 aromatic heterocycles. The van der Waals surface area contributed by atoms with Crippen molar-refractivity contribution in [2.24, 2.45) is 0 Å². The van der Waals surface area contributed by atoms with Crippen molar-refractivity contribution < 1.29 is 9.72 Å². The lowest BCUT2D eigenvalue weighted by atomic mass is 10.1. The van der Waals surface area contributed by atoms with Crippen molar-refractivity contribution in [1.82, 2.24) is 14.3 Å². The number of nitrogens with zero attached hydrogens (tertiary/aromatic N) is 5. The quantitative estimate of drug-likeness (QED) is 0.335. The summed E-state index contributed by atoms with van der Waals surface area (Å²) >= 11 is 1.40. The molecule has 1 aliphatic heterocycles. The number of rotatable bonds is 6. The fourth-order valence-corrected chi connectivity index (χ4v) is 4.06. The number of amides is 1. The maximum Gasteiger partial charge on any atom is 0.269 e. The second kappa shape index (κ2) is 9.48. The van der Waals surface area contributed by atoms with Crippen LogP contribution >= 0.6 is 11.5 Å². The summed E-state index contributed by atoms with van der Waals surface area (Å²) in [7, 11) is 0. The monoisotopic (exact) mass is 435 g/mol. The van der Waals surface area contributed by atoms with Crippen LogP contribution in [0.5, 0.6) is 0 Å². The van der Waals surface area contributed by atoms with Crippen molar-refractivity contribution in [3.63, 3.8) is 0 Å². The van der Waals surface area contributed by atoms with Crippen LogP contribution in [0.4, 0.5) is 10.8 Å². The molecule has 2 heterocycles. The Bertz CT molecular complexity index is 1070. The van der Waals surface area contributed by atoms with Crippen LogP contribution in [-0.4, -0.2) is 51.3 Å². The maximum atomic E-state index is 12.5. The van der Waals surface area contributed by atoms with Crippen LogP contribution in [0.3, 0.4) is 0 Å². The number of non-ortho nitro benzene ring substituents is 1. The number of piperazine rings is 1. The van der Waals surface area contributed by atoms with Gasteiger partial charge in [-0.1, -0.05) is 30.3 Å². The van der Waals surface area contributed by atoms with Gasteiger partial charge in [-0.05, 0) is 29.3 Å². The summed E-state index contributed by atoms with van der Waals surface area (Å²) in [5, 5.41) is 11.6. The van der Waals surface area contributed by atoms with Crippen LogP contribution < -0.4 is 4.90 Å². The highest BCUT2D eigenvalue weighted by atomic mass is 32.1. The highest BCUT2D eigenvalue weighted by molar-refractivity contribution is 7.09. The summed E-state index contributed by atoms with van der Waals surface area (Å²) in [5.74, 6) is 0.746. The maximum absolute atomic E-state index is 12.5. The first kappa shape index (κ1) is 20.7. The van der Waals surface area contributed by atoms with E-state index in [1.165, 1.54) is 35.3 Å². The highest BCUT2D eigenvalue weighted by Gasteiger charge is 2.22. The first-order valence-corrected chi connectivity index (χ1v) is 10.7. The zero-order chi connectivity index (χ0) is 21.6. The van der Waals surface area contributed by atoms with Gasteiger partial charge >= 0.3 is 0 Å². The van der Waals surface area contributed by atoms with Crippen molar-refractivity contribution in [3.8, 4) is 0 Å². The summed E-state index contributed by atoms with van der Waals surface area (Å²) in [6.07, 6.45) is 3.90. The van der Waals surface area contributed by atoms with Gasteiger partial charge in [-0.15, -0.1) is 0 Å². The molecular formula is C22H21N5O3S. The summed E-state index contributed by atoms with van der Waals surface area (Å²) in [6, 6.07) is 16.2. The van der Waals surface area contributed by atoms with E-state index in [1.54, 1.807) is 23.1 Å². The van der Waals surface area contributed by atoms with E-state index in [4.69, 9.17) is 0 Å². The molecule has 8 nitrogen and oxygen atoms in total. The van der Waals surface area contributed by atoms with Gasteiger partial charge in [-0.25, -0.2) is 4.98 Å². The van der Waals surface area contributed by atoms with Gasteiger partial charge in [-0.3, -0.25) is 14.9 Å². The average molecular weight is 436 g/mol. The van der Waals surface area contributed by atoms with Crippen LogP contribution in [0, 0.1) is 10.1 Å². The molecule has 0 bridgehead atoms. The Morgan fingerprint density at radius 2 is 1.77 bits per heavy atom. The standard InChI is InChI=1S/C22H21N5O3S/c28-21(11-8-17-6-9-19(10-7-17)27(29)30)25-12-14-26(15-13-25)22-23-20(24-31-22)16-18-4-2-1-3-5-18/h1-11H,12-16H2/b11-8+. The Morgan fingerprint density at radius 1 is 1.06 bits per heavy atom. The van der Waals surface area contributed by atoms with Crippen LogP contribution in [0.2, 0.25) is 0 Å². The number of nitro groups is 1. The van der Waals surface area contributed by atoms with Crippen LogP contribution in [0.1, 0.15) is 17.0 Å². The summed E-state index contributed by atoms with van der Waals surface area (Å²) in [4.78, 5) is 31.4. The third-order valence-corrected chi connectivity index (χ3v) is 5.86. The number of nitro benzene ring substituents is 1. The molecule has 3 aromatic rings. The van der Waals surface area contributed by atoms with Crippen molar-refractivity contribution in [2.45, 2.75) is 6.42 Å². The van der Waals surface area contributed by atoms with E-state index in [1.807, 2.05) is 18.2 Å². The molecule has 0 aliphatic carbocycles. The van der Waals surface area contributed by atoms with Gasteiger partial charge < -0.3 is 9.80 Å². The molecule has 9 heteroatoms. The zero-order valence-corrected chi connectivity index (χ0v) is 17.6. The number of hydrogen-bond acceptors (Lipinski definition) is 7. The molecule has 0 radical (unpaired) electrons. The summed E-state index contributed by atoms with van der Waals surface area (Å²) in [5.41, 5.74) is 1.96. The highest BCUT2D eigenvalue weighted by Crippen LogP contribution is 2.21. The molecule has 1 amide bonds. The molecule has 1 saturated heterocycles. The van der Waals surface area contributed by atoms with E-state index in [9.17, 15) is 14.9 Å². The SMILES string of the molecule is O=C(/C=C/c1ccc([N+](=O)[O-])cc1)N1CCN(c2nc(Cc3ccccc3)ns2)CC1. The first-order valence-electron chi connectivity index (χ1n) is 9.91. The number of hydrogen-bond donors (Lipinski definition) is 0. The lowest BCUT2D eigenvalue weighted by molar-refractivity contribution is -0.384. The fourth-order valence-electron chi connectivity index (χ4n) is 3.32. The predicted molar refractivity (Wildman–Crippen MR) is 120 cm³/mol. The van der Waals surface area contributed by atoms with Gasteiger partial charge in [0, 0.05) is 62.3 Å². The van der Waals surface area contributed by atoms with Crippen molar-refractivity contribution in [2.75, 3.05) is 31.1 Å². The molecule has 0 atom stereocenters. The Kier molecular flexibility index (Phi) is 6.32. The van der Waals surface area contributed by atoms with E-state index in [-0.39, 0.29) is 11.6 Å². The Balaban J connectivity index is 1.29. The van der Waals surface area contributed by atoms with Crippen LogP contribution in [0.15, 0.2) is 60.7 Å². The van der Waals surface area contributed by atoms with E-state index in [0.717, 1.165) is 16.5 Å². The van der Waals surface area contributed by atoms with Gasteiger partial charge in [0.15, 0.2) is 0 Å². The van der Waals surface area contributed by atoms with Gasteiger partial charge in [0.1, 0.15) is 5.82 Å². The molecular weight excluding hydrogens is 414 g/mol. The normalized spacial score (nSPS) is 14.2. The lowest BCUT2D eigenvalue weighted by Gasteiger charge is -2.33. The summed E-state index contributed by atoms with van der Waals surface area (Å²) in [6.45, 7) is 2.63. The smallest absolute Gasteiger partial charge is 0.269 e. The van der Waals surface area contributed by atoms with Crippen molar-refractivity contribution in [3.05, 3.63) is 87.7 Å². The first-order chi connectivity index (χ1) is 15.1. The van der Waals surface area contributed by atoms with E-state index < -0.39 is 4.92 Å². The van der Waals surface area contributed by atoms with Gasteiger partial charge in [-0.2, -0.15) is 4.37 Å². The molecule has 4 rings (SSSR count). The molecule has 31 heavy (non-hydrogen) atoms. The van der Waals surface area contributed by atoms with Crippen molar-refractivity contribution in [1.29, 1.82) is 0 Å². The Labute approximate surface area is 183 Å². The Morgan fingerprint density at radius 3 is 2.45 bits per heavy atom. The summed E-state index contributed by atoms with van der Waals surface area (Å²) < 4.78 is 4.48. The minimum absolute atomic E-state index is 0.0307. The molecule has 0 N–H and O–H groups in total. The third kappa shape index (κ3) is 5.32. The minimum Gasteiger partial charge on any atom is -0.343 e. The number of carbonyl (C=O) groups is 1. The number of benzene rings is 2. The van der Waals surface area contributed by atoms with Gasteiger partial charge in [0.25, 0.3) is 5.69 Å². The molecule has 1 fully saturated rings. The third-order valence-electron chi connectivity index (χ3n) is 5.05. The van der Waals surface area contributed by atoms with Crippen LogP contribution in [-0.2, 0) is 11.2 Å². The molecule has 2 aromatic carbocycles. The Hall–Kier alpha value is -3.59. The van der Waals surface area contributed by atoms with Gasteiger partial charge in [0.2, 0.25) is 11.0 Å². The largest absolute Gasteiger partial charge is 0.343 e. The predicted octanol–water partition coefficient (Wildman–Crippen LogP) is 3.40. The van der Waals surface area contributed by atoms with E-state index >= 15 is 0 Å². The number of aromatic nitrogens is 2. The number of anilines is 1. The molecule has 0 saturated carbocycles. The second-order valence-electron chi connectivity index (χ2n) is 7.15. The van der Waals surface area contributed by atoms with Crippen molar-refractivity contribution >= 4 is 34.3 Å². The zero-order valence-electron chi connectivity index (χ0n) is 16.8. The van der Waals surface area contributed by atoms with E-state index in [0.29, 0.717) is 32.6 Å². The lowest BCUT2D eigenvalue weighted by Crippen LogP contribution is -2.48. The number of carbonyl (C=O) groups excluding carboxylic acids is 1. The topological polar surface area (TPSA) is 92.5 Å². The molecule has 158 valence electrons. The second-order valence-corrected chi connectivity index (χ2v) is 7.88. The molecule has 1 aliphatic rings. The molecule has 0 unspecified atom stereocenters. The fraction of sp³-hybridized carbons (Fsp3) is 0.227. The minimum atomic E-state index is -0.444.